The van der Waals surface area contributed by atoms with Crippen molar-refractivity contribution in [1.82, 2.24) is 5.32 Å². The summed E-state index contributed by atoms with van der Waals surface area (Å²) in [4.78, 5) is 0. The van der Waals surface area contributed by atoms with Crippen LogP contribution in [0.3, 0.4) is 0 Å². The van der Waals surface area contributed by atoms with E-state index in [9.17, 15) is 0 Å². The van der Waals surface area contributed by atoms with Crippen molar-refractivity contribution in [3.05, 3.63) is 18.2 Å². The molecular weight excluding hydrogens is 230 g/mol. The highest BCUT2D eigenvalue weighted by Crippen LogP contribution is 2.34. The first-order valence-electron chi connectivity index (χ1n) is 6.49. The van der Waals surface area contributed by atoms with Gasteiger partial charge in [0.05, 0.1) is 0 Å². The van der Waals surface area contributed by atoms with Gasteiger partial charge in [-0.05, 0) is 31.0 Å². The molecule has 0 radical (unpaired) electrons. The van der Waals surface area contributed by atoms with Gasteiger partial charge in [0, 0.05) is 12.6 Å². The Labute approximate surface area is 108 Å². The number of hydrogen-bond donors (Lipinski definition) is 1. The van der Waals surface area contributed by atoms with Crippen molar-refractivity contribution in [3.8, 4) is 17.2 Å². The third kappa shape index (κ3) is 3.81. The summed E-state index contributed by atoms with van der Waals surface area (Å²) in [5.41, 5.74) is 0. The maximum atomic E-state index is 5.64. The predicted molar refractivity (Wildman–Crippen MR) is 70.4 cm³/mol. The fourth-order valence-electron chi connectivity index (χ4n) is 1.72. The van der Waals surface area contributed by atoms with Crippen LogP contribution in [0, 0.1) is 5.92 Å². The number of nitrogens with one attached hydrogen (secondary N) is 1. The summed E-state index contributed by atoms with van der Waals surface area (Å²) >= 11 is 0. The van der Waals surface area contributed by atoms with Crippen molar-refractivity contribution < 1.29 is 14.2 Å². The van der Waals surface area contributed by atoms with E-state index in [4.69, 9.17) is 14.2 Å². The third-order valence-electron chi connectivity index (χ3n) is 2.79. The largest absolute Gasteiger partial charge is 0.492 e. The molecule has 0 aromatic heterocycles. The summed E-state index contributed by atoms with van der Waals surface area (Å²) in [6, 6.07) is 5.65. The molecule has 2 rings (SSSR count). The summed E-state index contributed by atoms with van der Waals surface area (Å²) < 4.78 is 16.2. The van der Waals surface area contributed by atoms with Gasteiger partial charge in [0.1, 0.15) is 12.4 Å². The number of hydrogen-bond acceptors (Lipinski definition) is 4. The van der Waals surface area contributed by atoms with Gasteiger partial charge in [-0.2, -0.15) is 0 Å². The van der Waals surface area contributed by atoms with Crippen LogP contribution in [0.25, 0.3) is 0 Å². The molecule has 1 N–H and O–H groups in total. The molecule has 18 heavy (non-hydrogen) atoms. The van der Waals surface area contributed by atoms with Gasteiger partial charge in [-0.25, -0.2) is 0 Å². The van der Waals surface area contributed by atoms with Crippen molar-refractivity contribution in [2.45, 2.75) is 20.3 Å². The lowest BCUT2D eigenvalue weighted by atomic mass is 10.1. The van der Waals surface area contributed by atoms with E-state index in [1.165, 1.54) is 6.42 Å². The Morgan fingerprint density at radius 3 is 2.89 bits per heavy atom. The Balaban J connectivity index is 1.65. The average Bonchev–Trinajstić information content (AvgIpc) is 2.80. The average molecular weight is 251 g/mol. The zero-order valence-electron chi connectivity index (χ0n) is 11.1. The van der Waals surface area contributed by atoms with Crippen LogP contribution in [0.4, 0.5) is 0 Å². The van der Waals surface area contributed by atoms with Crippen molar-refractivity contribution in [2.24, 2.45) is 5.92 Å². The van der Waals surface area contributed by atoms with E-state index < -0.39 is 0 Å². The summed E-state index contributed by atoms with van der Waals surface area (Å²) in [5.74, 6) is 3.12. The molecule has 0 aliphatic carbocycles. The molecule has 100 valence electrons. The molecule has 0 saturated carbocycles. The lowest BCUT2D eigenvalue weighted by molar-refractivity contribution is 0.173. The first-order valence-corrected chi connectivity index (χ1v) is 6.49. The molecule has 0 saturated heterocycles. The fraction of sp³-hybridized carbons (Fsp3) is 0.571. The maximum Gasteiger partial charge on any atom is 0.231 e. The second-order valence-corrected chi connectivity index (χ2v) is 4.80. The first-order chi connectivity index (χ1) is 8.75. The molecule has 1 aromatic rings. The standard InChI is InChI=1S/C14H21NO3/c1-11(2)5-6-15-7-8-16-12-3-4-13-14(9-12)18-10-17-13/h3-4,9,11,15H,5-8,10H2,1-2H3. The Hall–Kier alpha value is -1.42. The van der Waals surface area contributed by atoms with Crippen molar-refractivity contribution >= 4 is 0 Å². The van der Waals surface area contributed by atoms with Gasteiger partial charge in [-0.1, -0.05) is 13.8 Å². The van der Waals surface area contributed by atoms with E-state index in [0.29, 0.717) is 13.4 Å². The zero-order chi connectivity index (χ0) is 12.8. The van der Waals surface area contributed by atoms with Crippen LogP contribution < -0.4 is 19.5 Å². The number of ether oxygens (including phenoxy) is 3. The minimum Gasteiger partial charge on any atom is -0.492 e. The monoisotopic (exact) mass is 251 g/mol. The van der Waals surface area contributed by atoms with Gasteiger partial charge in [0.2, 0.25) is 6.79 Å². The summed E-state index contributed by atoms with van der Waals surface area (Å²) in [6.07, 6.45) is 1.20. The van der Waals surface area contributed by atoms with Crippen LogP contribution >= 0.6 is 0 Å². The lowest BCUT2D eigenvalue weighted by Crippen LogP contribution is -2.22. The van der Waals surface area contributed by atoms with E-state index in [1.807, 2.05) is 18.2 Å². The molecule has 0 bridgehead atoms. The van der Waals surface area contributed by atoms with Crippen LogP contribution in [0.2, 0.25) is 0 Å². The lowest BCUT2D eigenvalue weighted by Gasteiger charge is -2.09. The SMILES string of the molecule is CC(C)CCNCCOc1ccc2c(c1)OCO2. The van der Waals surface area contributed by atoms with Crippen LogP contribution in [0.15, 0.2) is 18.2 Å². The highest BCUT2D eigenvalue weighted by molar-refractivity contribution is 5.46. The summed E-state index contributed by atoms with van der Waals surface area (Å²) in [6.45, 7) is 7.33. The number of rotatable bonds is 7. The van der Waals surface area contributed by atoms with E-state index in [2.05, 4.69) is 19.2 Å². The molecule has 1 aromatic carbocycles. The van der Waals surface area contributed by atoms with Crippen LogP contribution in [-0.4, -0.2) is 26.5 Å². The molecule has 0 spiro atoms. The van der Waals surface area contributed by atoms with Crippen LogP contribution in [-0.2, 0) is 0 Å². The van der Waals surface area contributed by atoms with E-state index in [1.54, 1.807) is 0 Å². The quantitative estimate of drug-likeness (QED) is 0.756. The Morgan fingerprint density at radius 2 is 2.06 bits per heavy atom. The maximum absolute atomic E-state index is 5.64. The van der Waals surface area contributed by atoms with Gasteiger partial charge in [-0.15, -0.1) is 0 Å². The van der Waals surface area contributed by atoms with Gasteiger partial charge < -0.3 is 19.5 Å². The highest BCUT2D eigenvalue weighted by atomic mass is 16.7. The molecule has 1 heterocycles. The van der Waals surface area contributed by atoms with Gasteiger partial charge in [0.15, 0.2) is 11.5 Å². The molecular formula is C14H21NO3. The van der Waals surface area contributed by atoms with Crippen LogP contribution in [0.5, 0.6) is 17.2 Å². The first kappa shape index (κ1) is 13.0. The number of benzene rings is 1. The molecule has 4 heteroatoms. The Morgan fingerprint density at radius 1 is 1.22 bits per heavy atom. The smallest absolute Gasteiger partial charge is 0.231 e. The molecule has 0 atom stereocenters. The Kier molecular flexibility index (Phi) is 4.70. The normalized spacial score (nSPS) is 13.1. The van der Waals surface area contributed by atoms with Gasteiger partial charge in [-0.3, -0.25) is 0 Å². The molecule has 4 nitrogen and oxygen atoms in total. The fourth-order valence-corrected chi connectivity index (χ4v) is 1.72. The molecule has 0 unspecified atom stereocenters. The van der Waals surface area contributed by atoms with Gasteiger partial charge in [0.25, 0.3) is 0 Å². The molecule has 0 fully saturated rings. The minimum absolute atomic E-state index is 0.301. The molecule has 0 amide bonds. The predicted octanol–water partition coefficient (Wildman–Crippen LogP) is 2.43. The molecule has 1 aliphatic heterocycles. The van der Waals surface area contributed by atoms with E-state index in [-0.39, 0.29) is 0 Å². The second kappa shape index (κ2) is 6.50. The minimum atomic E-state index is 0.301. The van der Waals surface area contributed by atoms with E-state index in [0.717, 1.165) is 36.3 Å². The van der Waals surface area contributed by atoms with Crippen molar-refractivity contribution in [3.63, 3.8) is 0 Å². The summed E-state index contributed by atoms with van der Waals surface area (Å²) in [7, 11) is 0. The second-order valence-electron chi connectivity index (χ2n) is 4.80. The molecule has 1 aliphatic rings. The Bertz CT molecular complexity index is 379. The van der Waals surface area contributed by atoms with E-state index >= 15 is 0 Å². The van der Waals surface area contributed by atoms with Crippen molar-refractivity contribution in [2.75, 3.05) is 26.5 Å². The number of fused-ring (bicyclic) bond motifs is 1. The third-order valence-corrected chi connectivity index (χ3v) is 2.79. The summed E-state index contributed by atoms with van der Waals surface area (Å²) in [5, 5.41) is 3.36. The van der Waals surface area contributed by atoms with Gasteiger partial charge >= 0.3 is 0 Å². The van der Waals surface area contributed by atoms with Crippen molar-refractivity contribution in [1.29, 1.82) is 0 Å². The highest BCUT2D eigenvalue weighted by Gasteiger charge is 2.13. The topological polar surface area (TPSA) is 39.7 Å². The zero-order valence-corrected chi connectivity index (χ0v) is 11.1. The van der Waals surface area contributed by atoms with Crippen LogP contribution in [0.1, 0.15) is 20.3 Å².